The van der Waals surface area contributed by atoms with E-state index in [0.29, 0.717) is 51.4 Å². The average molecular weight is 1040 g/mol. The molecule has 8 rings (SSSR count). The Hall–Kier alpha value is -3.35. The number of amides is 1. The number of nitrogen functional groups attached to an aromatic ring is 1. The number of nitrogens with one attached hydrogen (secondary N) is 1. The van der Waals surface area contributed by atoms with Gasteiger partial charge in [-0.05, 0) is 54.2 Å². The number of carbonyl (C=O) groups excluding carboxylic acids is 1. The van der Waals surface area contributed by atoms with E-state index in [2.05, 4.69) is 135 Å². The van der Waals surface area contributed by atoms with Gasteiger partial charge in [0.25, 0.3) is 5.91 Å². The molecule has 3 aliphatic rings. The van der Waals surface area contributed by atoms with Crippen molar-refractivity contribution in [3.63, 3.8) is 0 Å². The van der Waals surface area contributed by atoms with Crippen LogP contribution in [0.15, 0.2) is 43.0 Å². The summed E-state index contributed by atoms with van der Waals surface area (Å²) in [5.41, 5.74) is 5.79. The monoisotopic (exact) mass is 1040 g/mol. The SMILES string of the molecule is CC1(n2cnc3c(N)nnnc32)O[C@H](CO)[C@H](O)[C@@H]1O.CC[C@H]1OC(Br)(CBr)[C@@H](C)[C@H]1C.CC[C@H]1OC(CBr)(n2cnc3c(NC(=O)c4ccccc4)nnnc32)[C@@H](C)[C@H]1C. The lowest BCUT2D eigenvalue weighted by Crippen LogP contribution is -2.43. The van der Waals surface area contributed by atoms with Crippen molar-refractivity contribution in [1.29, 1.82) is 0 Å². The highest BCUT2D eigenvalue weighted by molar-refractivity contribution is 9.12. The number of alkyl halides is 3. The fourth-order valence-corrected chi connectivity index (χ4v) is 10.5. The lowest BCUT2D eigenvalue weighted by Gasteiger charge is -2.33. The Morgan fingerprint density at radius 2 is 1.41 bits per heavy atom. The minimum Gasteiger partial charge on any atom is -0.394 e. The van der Waals surface area contributed by atoms with Crippen LogP contribution in [-0.4, -0.2) is 123 Å². The molecular weight excluding hydrogens is 988 g/mol. The Morgan fingerprint density at radius 3 is 1.97 bits per heavy atom. The van der Waals surface area contributed by atoms with Gasteiger partial charge < -0.3 is 40.6 Å². The summed E-state index contributed by atoms with van der Waals surface area (Å²) >= 11 is 10.8. The molecular formula is C39H53Br3N12O7. The number of aliphatic hydroxyl groups is 3. The maximum Gasteiger partial charge on any atom is 0.256 e. The second-order valence-electron chi connectivity index (χ2n) is 15.9. The van der Waals surface area contributed by atoms with E-state index in [4.69, 9.17) is 25.1 Å². The molecule has 22 heteroatoms. The van der Waals surface area contributed by atoms with Crippen molar-refractivity contribution >= 4 is 87.7 Å². The number of benzene rings is 1. The molecule has 0 saturated carbocycles. The Morgan fingerprint density at radius 1 is 0.820 bits per heavy atom. The molecule has 3 aliphatic heterocycles. The molecule has 3 saturated heterocycles. The van der Waals surface area contributed by atoms with E-state index in [-0.39, 0.29) is 39.7 Å². The number of aliphatic hydroxyl groups excluding tert-OH is 3. The van der Waals surface area contributed by atoms with Crippen molar-refractivity contribution in [2.75, 3.05) is 28.3 Å². The number of carbonyl (C=O) groups is 1. The lowest BCUT2D eigenvalue weighted by atomic mass is 9.86. The predicted molar refractivity (Wildman–Crippen MR) is 237 cm³/mol. The van der Waals surface area contributed by atoms with E-state index < -0.39 is 36.4 Å². The number of hydrogen-bond donors (Lipinski definition) is 5. The molecule has 3 unspecified atom stereocenters. The minimum atomic E-state index is -1.34. The molecule has 332 valence electrons. The molecule has 3 fully saturated rings. The fourth-order valence-electron chi connectivity index (χ4n) is 8.25. The molecule has 1 amide bonds. The third-order valence-corrected chi connectivity index (χ3v) is 16.1. The largest absolute Gasteiger partial charge is 0.394 e. The van der Waals surface area contributed by atoms with Gasteiger partial charge in [0, 0.05) is 22.7 Å². The number of rotatable bonds is 9. The fraction of sp³-hybridized carbons (Fsp3) is 0.615. The molecule has 0 aliphatic carbocycles. The van der Waals surface area contributed by atoms with Crippen LogP contribution in [0.5, 0.6) is 0 Å². The van der Waals surface area contributed by atoms with E-state index in [1.807, 2.05) is 10.6 Å². The van der Waals surface area contributed by atoms with Crippen LogP contribution in [0.4, 0.5) is 11.6 Å². The standard InChI is InChI=1S/C20H23BrN6O2.C10H14N6O4.C9H16Br2O/c1-4-15-12(2)13(3)20(10-21,29-15)27-11-22-16-17(24-26-25-18(16)27)23-19(28)14-8-6-5-7-9-14;1-10(7(19)6(18)4(2-17)20-10)16-3-12-5-8(11)13-15-14-9(5)16;1-4-8-6(2)7(3)9(11,5-10)12-8/h5-9,11-13,15H,4,10H2,1-3H3,(H,23,24,25,28);3-4,6-7,17-19H,2H2,1H3,(H2,11,13,14);6-8H,4-5H2,1-3H3/t12-,13+,15-,20?;4-,6+,7+,10?;6-,7+,8-,9?/m111/s1. The van der Waals surface area contributed by atoms with Crippen LogP contribution in [0.3, 0.4) is 0 Å². The number of aromatic nitrogens is 10. The smallest absolute Gasteiger partial charge is 0.256 e. The molecule has 4 aromatic heterocycles. The highest BCUT2D eigenvalue weighted by Gasteiger charge is 2.54. The number of nitrogens with zero attached hydrogens (tertiary/aromatic N) is 10. The van der Waals surface area contributed by atoms with Gasteiger partial charge >= 0.3 is 0 Å². The van der Waals surface area contributed by atoms with Crippen LogP contribution in [-0.2, 0) is 25.7 Å². The van der Waals surface area contributed by atoms with Crippen LogP contribution in [0.2, 0.25) is 0 Å². The summed E-state index contributed by atoms with van der Waals surface area (Å²) in [4.78, 5) is 21.1. The second kappa shape index (κ2) is 19.2. The molecule has 5 aromatic rings. The van der Waals surface area contributed by atoms with Gasteiger partial charge in [-0.3, -0.25) is 13.9 Å². The van der Waals surface area contributed by atoms with Crippen molar-refractivity contribution < 1.29 is 34.3 Å². The van der Waals surface area contributed by atoms with Gasteiger partial charge in [0.2, 0.25) is 0 Å². The Labute approximate surface area is 378 Å². The first kappa shape index (κ1) is 47.1. The van der Waals surface area contributed by atoms with Crippen LogP contribution in [0.1, 0.15) is 71.7 Å². The third kappa shape index (κ3) is 8.68. The Bertz CT molecular complexity index is 2280. The van der Waals surface area contributed by atoms with E-state index >= 15 is 0 Å². The van der Waals surface area contributed by atoms with Gasteiger partial charge in [-0.25, -0.2) is 9.97 Å². The normalized spacial score (nSPS) is 33.3. The molecule has 12 atom stereocenters. The summed E-state index contributed by atoms with van der Waals surface area (Å²) in [6, 6.07) is 8.94. The first-order valence-corrected chi connectivity index (χ1v) is 23.2. The zero-order chi connectivity index (χ0) is 44.4. The molecule has 0 spiro atoms. The number of imidazole rings is 2. The number of hydrogen-bond acceptors (Lipinski definition) is 16. The van der Waals surface area contributed by atoms with Gasteiger partial charge in [0.1, 0.15) is 22.8 Å². The summed E-state index contributed by atoms with van der Waals surface area (Å²) in [6.45, 7) is 14.3. The summed E-state index contributed by atoms with van der Waals surface area (Å²) in [6.07, 6.45) is 2.26. The predicted octanol–water partition coefficient (Wildman–Crippen LogP) is 4.74. The molecule has 7 heterocycles. The number of ether oxygens (including phenoxy) is 3. The quantitative estimate of drug-likeness (QED) is 0.125. The van der Waals surface area contributed by atoms with Gasteiger partial charge in [-0.2, -0.15) is 0 Å². The number of fused-ring (bicyclic) bond motifs is 2. The average Bonchev–Trinajstić information content (AvgIpc) is 4.07. The highest BCUT2D eigenvalue weighted by atomic mass is 79.9. The van der Waals surface area contributed by atoms with E-state index in [9.17, 15) is 15.0 Å². The van der Waals surface area contributed by atoms with Crippen LogP contribution >= 0.6 is 47.8 Å². The first-order valence-electron chi connectivity index (χ1n) is 20.1. The van der Waals surface area contributed by atoms with Crippen LogP contribution < -0.4 is 11.1 Å². The van der Waals surface area contributed by atoms with Crippen molar-refractivity contribution in [2.45, 2.75) is 108 Å². The van der Waals surface area contributed by atoms with Crippen LogP contribution in [0, 0.1) is 23.7 Å². The maximum absolute atomic E-state index is 12.6. The van der Waals surface area contributed by atoms with E-state index in [1.165, 1.54) is 10.9 Å². The zero-order valence-electron chi connectivity index (χ0n) is 34.9. The second-order valence-corrected chi connectivity index (χ2v) is 18.3. The topological polar surface area (TPSA) is 256 Å². The summed E-state index contributed by atoms with van der Waals surface area (Å²) in [5, 5.41) is 56.5. The van der Waals surface area contributed by atoms with Gasteiger partial charge in [-0.15, -0.1) is 20.4 Å². The molecule has 6 N–H and O–H groups in total. The zero-order valence-corrected chi connectivity index (χ0v) is 39.7. The molecule has 1 aromatic carbocycles. The lowest BCUT2D eigenvalue weighted by molar-refractivity contribution is -0.132. The van der Waals surface area contributed by atoms with E-state index in [0.717, 1.165) is 18.2 Å². The number of halogens is 3. The van der Waals surface area contributed by atoms with Crippen LogP contribution in [0.25, 0.3) is 22.3 Å². The Kier molecular flexibility index (Phi) is 14.8. The molecule has 19 nitrogen and oxygen atoms in total. The summed E-state index contributed by atoms with van der Waals surface area (Å²) in [7, 11) is 0. The van der Waals surface area contributed by atoms with Crippen molar-refractivity contribution in [3.8, 4) is 0 Å². The minimum absolute atomic E-state index is 0.101. The van der Waals surface area contributed by atoms with Crippen molar-refractivity contribution in [3.05, 3.63) is 48.5 Å². The molecule has 0 bridgehead atoms. The summed E-state index contributed by atoms with van der Waals surface area (Å²) < 4.78 is 21.2. The first-order chi connectivity index (χ1) is 29.0. The number of nitrogens with two attached hydrogens (primary N) is 1. The molecule has 61 heavy (non-hydrogen) atoms. The van der Waals surface area contributed by atoms with Gasteiger partial charge in [0.05, 0.1) is 36.8 Å². The number of anilines is 2. The third-order valence-electron chi connectivity index (χ3n) is 12.5. The van der Waals surface area contributed by atoms with E-state index in [1.54, 1.807) is 37.5 Å². The van der Waals surface area contributed by atoms with Crippen molar-refractivity contribution in [2.24, 2.45) is 23.7 Å². The molecule has 0 radical (unpaired) electrons. The van der Waals surface area contributed by atoms with Crippen molar-refractivity contribution in [1.82, 2.24) is 49.9 Å². The summed E-state index contributed by atoms with van der Waals surface area (Å²) in [5.74, 6) is 1.92. The Balaban J connectivity index is 0.000000168. The van der Waals surface area contributed by atoms with Gasteiger partial charge in [0.15, 0.2) is 45.4 Å². The maximum atomic E-state index is 12.6. The van der Waals surface area contributed by atoms with Gasteiger partial charge in [-0.1, -0.05) is 108 Å². The highest BCUT2D eigenvalue weighted by Crippen LogP contribution is 2.48.